The molecule has 0 saturated heterocycles. The second-order valence-corrected chi connectivity index (χ2v) is 2.69. The first-order valence-electron chi connectivity index (χ1n) is 3.36. The minimum atomic E-state index is -2.22. The Hall–Kier alpha value is -0.200. The molecule has 0 heterocycles. The molecule has 0 radical (unpaired) electrons. The summed E-state index contributed by atoms with van der Waals surface area (Å²) < 4.78 is 0. The predicted octanol–water partition coefficient (Wildman–Crippen LogP) is -1.38. The summed E-state index contributed by atoms with van der Waals surface area (Å²) in [5.41, 5.74) is 0. The Morgan fingerprint density at radius 2 is 1.27 bits per heavy atom. The van der Waals surface area contributed by atoms with E-state index in [2.05, 4.69) is 0 Å². The van der Waals surface area contributed by atoms with E-state index >= 15 is 0 Å². The molecule has 0 amide bonds. The second kappa shape index (κ2) is 3.04. The van der Waals surface area contributed by atoms with Gasteiger partial charge in [0.15, 0.2) is 0 Å². The van der Waals surface area contributed by atoms with Crippen LogP contribution in [0.2, 0.25) is 0 Å². The van der Waals surface area contributed by atoms with Crippen LogP contribution in [0, 0.1) is 0 Å². The van der Waals surface area contributed by atoms with Gasteiger partial charge in [0.2, 0.25) is 11.8 Å². The van der Waals surface area contributed by atoms with E-state index in [0.29, 0.717) is 0 Å². The SMILES string of the molecule is CCN(C(C)(O)O)C(C)(O)O. The maximum Gasteiger partial charge on any atom is 0.226 e. The molecular formula is C6H15NO4. The Morgan fingerprint density at radius 3 is 1.27 bits per heavy atom. The van der Waals surface area contributed by atoms with E-state index in [0.717, 1.165) is 18.7 Å². The average Bonchev–Trinajstić information content (AvgIpc) is 1.56. The Labute approximate surface area is 65.5 Å². The molecule has 0 aromatic carbocycles. The average molecular weight is 165 g/mol. The molecule has 68 valence electrons. The molecule has 5 nitrogen and oxygen atoms in total. The highest BCUT2D eigenvalue weighted by atomic mass is 16.6. The fourth-order valence-corrected chi connectivity index (χ4v) is 1.00. The zero-order valence-corrected chi connectivity index (χ0v) is 6.94. The van der Waals surface area contributed by atoms with Gasteiger partial charge in [-0.05, 0) is 0 Å². The molecule has 5 heteroatoms. The third kappa shape index (κ3) is 3.13. The predicted molar refractivity (Wildman–Crippen MR) is 38.1 cm³/mol. The van der Waals surface area contributed by atoms with Crippen LogP contribution in [0.25, 0.3) is 0 Å². The van der Waals surface area contributed by atoms with E-state index in [9.17, 15) is 0 Å². The lowest BCUT2D eigenvalue weighted by molar-refractivity contribution is -0.369. The van der Waals surface area contributed by atoms with E-state index in [1.54, 1.807) is 6.92 Å². The van der Waals surface area contributed by atoms with Crippen LogP contribution in [-0.2, 0) is 0 Å². The fraction of sp³-hybridized carbons (Fsp3) is 1.00. The Bertz CT molecular complexity index is 110. The zero-order chi connectivity index (χ0) is 9.28. The van der Waals surface area contributed by atoms with Crippen molar-refractivity contribution in [3.05, 3.63) is 0 Å². The maximum absolute atomic E-state index is 8.97. The van der Waals surface area contributed by atoms with E-state index in [-0.39, 0.29) is 6.54 Å². The third-order valence-electron chi connectivity index (χ3n) is 1.34. The van der Waals surface area contributed by atoms with Gasteiger partial charge in [0.1, 0.15) is 0 Å². The van der Waals surface area contributed by atoms with Crippen LogP contribution in [0.3, 0.4) is 0 Å². The van der Waals surface area contributed by atoms with Gasteiger partial charge in [-0.15, -0.1) is 0 Å². The molecule has 0 aliphatic rings. The van der Waals surface area contributed by atoms with Gasteiger partial charge in [0, 0.05) is 20.4 Å². The molecule has 0 aliphatic heterocycles. The first kappa shape index (κ1) is 10.8. The molecule has 0 rings (SSSR count). The van der Waals surface area contributed by atoms with Gasteiger partial charge in [-0.1, -0.05) is 6.92 Å². The van der Waals surface area contributed by atoms with Crippen molar-refractivity contribution >= 4 is 0 Å². The number of hydrogen-bond donors (Lipinski definition) is 4. The molecule has 0 aliphatic carbocycles. The van der Waals surface area contributed by atoms with Gasteiger partial charge in [-0.25, -0.2) is 4.90 Å². The summed E-state index contributed by atoms with van der Waals surface area (Å²) in [6, 6.07) is 0. The molecule has 0 bridgehead atoms. The van der Waals surface area contributed by atoms with Gasteiger partial charge in [0.25, 0.3) is 0 Å². The summed E-state index contributed by atoms with van der Waals surface area (Å²) in [5, 5.41) is 35.9. The van der Waals surface area contributed by atoms with Gasteiger partial charge in [0.05, 0.1) is 0 Å². The smallest absolute Gasteiger partial charge is 0.226 e. The summed E-state index contributed by atoms with van der Waals surface area (Å²) in [4.78, 5) is 0.722. The molecule has 0 atom stereocenters. The van der Waals surface area contributed by atoms with Crippen molar-refractivity contribution in [3.63, 3.8) is 0 Å². The van der Waals surface area contributed by atoms with Crippen LogP contribution in [0.1, 0.15) is 20.8 Å². The topological polar surface area (TPSA) is 84.2 Å². The highest BCUT2D eigenvalue weighted by molar-refractivity contribution is 4.66. The van der Waals surface area contributed by atoms with Crippen molar-refractivity contribution in [2.75, 3.05) is 6.54 Å². The second-order valence-electron chi connectivity index (χ2n) is 2.69. The Balaban J connectivity index is 4.43. The maximum atomic E-state index is 8.97. The summed E-state index contributed by atoms with van der Waals surface area (Å²) in [7, 11) is 0. The lowest BCUT2D eigenvalue weighted by Gasteiger charge is -2.38. The van der Waals surface area contributed by atoms with Crippen molar-refractivity contribution in [3.8, 4) is 0 Å². The van der Waals surface area contributed by atoms with Crippen molar-refractivity contribution < 1.29 is 20.4 Å². The first-order valence-corrected chi connectivity index (χ1v) is 3.36. The number of hydrogen-bond acceptors (Lipinski definition) is 5. The lowest BCUT2D eigenvalue weighted by atomic mass is 10.3. The molecule has 4 N–H and O–H groups in total. The van der Waals surface area contributed by atoms with E-state index in [1.165, 1.54) is 0 Å². The minimum absolute atomic E-state index is 0.118. The van der Waals surface area contributed by atoms with Gasteiger partial charge < -0.3 is 20.4 Å². The minimum Gasteiger partial charge on any atom is -0.353 e. The van der Waals surface area contributed by atoms with Crippen LogP contribution in [0.4, 0.5) is 0 Å². The molecule has 0 saturated carbocycles. The molecule has 0 aromatic heterocycles. The van der Waals surface area contributed by atoms with Gasteiger partial charge in [-0.2, -0.15) is 0 Å². The monoisotopic (exact) mass is 165 g/mol. The van der Waals surface area contributed by atoms with Crippen LogP contribution in [0.15, 0.2) is 0 Å². The van der Waals surface area contributed by atoms with Crippen molar-refractivity contribution in [2.45, 2.75) is 32.6 Å². The standard InChI is InChI=1S/C6H15NO4/c1-4-7(5(2,8)9)6(3,10)11/h8-11H,4H2,1-3H3. The summed E-state index contributed by atoms with van der Waals surface area (Å²) in [5.74, 6) is -4.43. The zero-order valence-electron chi connectivity index (χ0n) is 6.94. The van der Waals surface area contributed by atoms with Crippen molar-refractivity contribution in [2.24, 2.45) is 0 Å². The molecule has 0 fully saturated rings. The van der Waals surface area contributed by atoms with Crippen LogP contribution >= 0.6 is 0 Å². The fourth-order valence-electron chi connectivity index (χ4n) is 1.00. The number of nitrogens with zero attached hydrogens (tertiary/aromatic N) is 1. The normalized spacial score (nSPS) is 14.2. The number of aliphatic hydroxyl groups is 4. The largest absolute Gasteiger partial charge is 0.353 e. The van der Waals surface area contributed by atoms with Gasteiger partial charge in [-0.3, -0.25) is 0 Å². The van der Waals surface area contributed by atoms with Crippen LogP contribution < -0.4 is 0 Å². The highest BCUT2D eigenvalue weighted by Gasteiger charge is 2.37. The highest BCUT2D eigenvalue weighted by Crippen LogP contribution is 2.16. The van der Waals surface area contributed by atoms with Crippen LogP contribution in [0.5, 0.6) is 0 Å². The summed E-state index contributed by atoms with van der Waals surface area (Å²) in [6.07, 6.45) is 0. The first-order chi connectivity index (χ1) is 4.69. The quantitative estimate of drug-likeness (QED) is 0.388. The third-order valence-corrected chi connectivity index (χ3v) is 1.34. The molecule has 0 unspecified atom stereocenters. The Morgan fingerprint density at radius 1 is 1.00 bits per heavy atom. The van der Waals surface area contributed by atoms with Crippen molar-refractivity contribution in [1.82, 2.24) is 4.90 Å². The van der Waals surface area contributed by atoms with Crippen molar-refractivity contribution in [1.29, 1.82) is 0 Å². The number of rotatable bonds is 3. The van der Waals surface area contributed by atoms with E-state index in [4.69, 9.17) is 20.4 Å². The van der Waals surface area contributed by atoms with Gasteiger partial charge >= 0.3 is 0 Å². The Kier molecular flexibility index (Phi) is 2.98. The molecule has 11 heavy (non-hydrogen) atoms. The lowest BCUT2D eigenvalue weighted by Crippen LogP contribution is -2.58. The molecule has 0 spiro atoms. The van der Waals surface area contributed by atoms with Crippen LogP contribution in [-0.4, -0.2) is 43.7 Å². The molecule has 0 aromatic rings. The van der Waals surface area contributed by atoms with E-state index in [1.807, 2.05) is 0 Å². The molecular weight excluding hydrogens is 150 g/mol. The summed E-state index contributed by atoms with van der Waals surface area (Å²) >= 11 is 0. The van der Waals surface area contributed by atoms with E-state index < -0.39 is 11.8 Å². The summed E-state index contributed by atoms with van der Waals surface area (Å²) in [6.45, 7) is 3.81.